The van der Waals surface area contributed by atoms with Crippen molar-refractivity contribution < 1.29 is 9.90 Å². The fourth-order valence-corrected chi connectivity index (χ4v) is 3.79. The van der Waals surface area contributed by atoms with Gasteiger partial charge >= 0.3 is 5.97 Å². The van der Waals surface area contributed by atoms with Gasteiger partial charge in [-0.1, -0.05) is 39.8 Å². The highest BCUT2D eigenvalue weighted by molar-refractivity contribution is 5.66. The predicted molar refractivity (Wildman–Crippen MR) is 84.7 cm³/mol. The number of aliphatic carboxylic acids is 1. The maximum absolute atomic E-state index is 10.4. The first kappa shape index (κ1) is 17.3. The number of carbonyl (C=O) groups is 1. The van der Waals surface area contributed by atoms with Crippen LogP contribution in [0.5, 0.6) is 0 Å². The van der Waals surface area contributed by atoms with Crippen molar-refractivity contribution in [2.24, 2.45) is 23.2 Å². The fraction of sp³-hybridized carbons (Fsp3) is 0.833. The SMILES string of the molecule is CC.CC1(C)C2CC(C/C=C\CCCC(=O)O)CC1C2. The summed E-state index contributed by atoms with van der Waals surface area (Å²) >= 11 is 0. The van der Waals surface area contributed by atoms with Gasteiger partial charge in [-0.25, -0.2) is 0 Å². The van der Waals surface area contributed by atoms with E-state index in [1.165, 1.54) is 25.7 Å². The largest absolute Gasteiger partial charge is 0.481 e. The quantitative estimate of drug-likeness (QED) is 0.530. The summed E-state index contributed by atoms with van der Waals surface area (Å²) in [6.07, 6.45) is 11.9. The second-order valence-electron chi connectivity index (χ2n) is 6.78. The molecule has 0 radical (unpaired) electrons. The van der Waals surface area contributed by atoms with Gasteiger partial charge in [0.25, 0.3) is 0 Å². The summed E-state index contributed by atoms with van der Waals surface area (Å²) in [6.45, 7) is 8.87. The fourth-order valence-electron chi connectivity index (χ4n) is 3.79. The number of carboxylic acids is 1. The van der Waals surface area contributed by atoms with Crippen molar-refractivity contribution in [1.29, 1.82) is 0 Å². The normalized spacial score (nSPS) is 30.3. The Kier molecular flexibility index (Phi) is 6.78. The van der Waals surface area contributed by atoms with Crippen LogP contribution >= 0.6 is 0 Å². The summed E-state index contributed by atoms with van der Waals surface area (Å²) in [5.74, 6) is 2.12. The molecule has 3 aliphatic rings. The molecule has 2 heteroatoms. The minimum atomic E-state index is -0.682. The number of allylic oxidation sites excluding steroid dienone is 2. The van der Waals surface area contributed by atoms with Crippen molar-refractivity contribution in [2.75, 3.05) is 0 Å². The van der Waals surface area contributed by atoms with E-state index in [1.54, 1.807) is 0 Å². The predicted octanol–water partition coefficient (Wildman–Crippen LogP) is 5.29. The molecule has 3 rings (SSSR count). The molecule has 1 N–H and O–H groups in total. The van der Waals surface area contributed by atoms with Crippen LogP contribution in [-0.4, -0.2) is 11.1 Å². The van der Waals surface area contributed by atoms with Gasteiger partial charge in [0.2, 0.25) is 0 Å². The number of fused-ring (bicyclic) bond motifs is 2. The van der Waals surface area contributed by atoms with Crippen molar-refractivity contribution in [3.63, 3.8) is 0 Å². The monoisotopic (exact) mass is 280 g/mol. The maximum atomic E-state index is 10.4. The second kappa shape index (κ2) is 7.85. The van der Waals surface area contributed by atoms with Crippen LogP contribution < -0.4 is 0 Å². The summed E-state index contributed by atoms with van der Waals surface area (Å²) in [7, 11) is 0. The highest BCUT2D eigenvalue weighted by Crippen LogP contribution is 2.61. The van der Waals surface area contributed by atoms with Crippen molar-refractivity contribution >= 4 is 5.97 Å². The molecule has 0 spiro atoms. The molecular weight excluding hydrogens is 248 g/mol. The smallest absolute Gasteiger partial charge is 0.303 e. The van der Waals surface area contributed by atoms with E-state index in [0.717, 1.165) is 30.6 Å². The molecular formula is C18H32O2. The molecule has 2 atom stereocenters. The molecule has 3 fully saturated rings. The molecule has 20 heavy (non-hydrogen) atoms. The Bertz CT molecular complexity index is 316. The van der Waals surface area contributed by atoms with Gasteiger partial charge in [0.1, 0.15) is 0 Å². The van der Waals surface area contributed by atoms with Crippen molar-refractivity contribution in [3.05, 3.63) is 12.2 Å². The molecule has 0 aromatic rings. The number of hydrogen-bond donors (Lipinski definition) is 1. The summed E-state index contributed by atoms with van der Waals surface area (Å²) in [5.41, 5.74) is 0.613. The summed E-state index contributed by atoms with van der Waals surface area (Å²) in [6, 6.07) is 0. The lowest BCUT2D eigenvalue weighted by Gasteiger charge is -2.59. The zero-order chi connectivity index (χ0) is 15.2. The first-order chi connectivity index (χ1) is 9.50. The first-order valence-electron chi connectivity index (χ1n) is 8.37. The molecule has 2 unspecified atom stereocenters. The molecule has 0 aliphatic heterocycles. The number of carboxylic acid groups (broad SMARTS) is 1. The highest BCUT2D eigenvalue weighted by atomic mass is 16.4. The zero-order valence-electron chi connectivity index (χ0n) is 13.7. The van der Waals surface area contributed by atoms with Gasteiger partial charge in [-0.15, -0.1) is 0 Å². The van der Waals surface area contributed by atoms with Crippen LogP contribution in [0.3, 0.4) is 0 Å². The lowest BCUT2D eigenvalue weighted by molar-refractivity contribution is -0.137. The minimum absolute atomic E-state index is 0.298. The molecule has 0 saturated heterocycles. The van der Waals surface area contributed by atoms with Crippen molar-refractivity contribution in [2.45, 2.75) is 72.6 Å². The lowest BCUT2D eigenvalue weighted by Crippen LogP contribution is -2.50. The van der Waals surface area contributed by atoms with E-state index in [4.69, 9.17) is 5.11 Å². The Balaban J connectivity index is 0.000000956. The van der Waals surface area contributed by atoms with Gasteiger partial charge in [-0.2, -0.15) is 0 Å². The van der Waals surface area contributed by atoms with E-state index >= 15 is 0 Å². The van der Waals surface area contributed by atoms with E-state index in [-0.39, 0.29) is 0 Å². The van der Waals surface area contributed by atoms with Crippen LogP contribution in [-0.2, 0) is 4.79 Å². The number of rotatable bonds is 6. The third kappa shape index (κ3) is 4.36. The van der Waals surface area contributed by atoms with Crippen LogP contribution in [0, 0.1) is 23.2 Å². The molecule has 0 heterocycles. The highest BCUT2D eigenvalue weighted by Gasteiger charge is 2.52. The van der Waals surface area contributed by atoms with E-state index in [1.807, 2.05) is 13.8 Å². The van der Waals surface area contributed by atoms with E-state index in [9.17, 15) is 4.79 Å². The Hall–Kier alpha value is -0.790. The molecule has 2 bridgehead atoms. The van der Waals surface area contributed by atoms with E-state index in [2.05, 4.69) is 26.0 Å². The van der Waals surface area contributed by atoms with Crippen LogP contribution in [0.1, 0.15) is 72.6 Å². The average molecular weight is 280 g/mol. The van der Waals surface area contributed by atoms with Gasteiger partial charge in [-0.3, -0.25) is 4.79 Å². The molecule has 0 aromatic carbocycles. The van der Waals surface area contributed by atoms with Crippen molar-refractivity contribution in [3.8, 4) is 0 Å². The van der Waals surface area contributed by atoms with Crippen molar-refractivity contribution in [1.82, 2.24) is 0 Å². The molecule has 3 aliphatic carbocycles. The Morgan fingerprint density at radius 1 is 1.15 bits per heavy atom. The Morgan fingerprint density at radius 3 is 2.25 bits per heavy atom. The molecule has 116 valence electrons. The van der Waals surface area contributed by atoms with Crippen LogP contribution in [0.2, 0.25) is 0 Å². The summed E-state index contributed by atoms with van der Waals surface area (Å²) in [4.78, 5) is 10.4. The first-order valence-corrected chi connectivity index (χ1v) is 8.37. The van der Waals surface area contributed by atoms with Gasteiger partial charge in [0, 0.05) is 6.42 Å². The van der Waals surface area contributed by atoms with Crippen LogP contribution in [0.15, 0.2) is 12.2 Å². The zero-order valence-corrected chi connectivity index (χ0v) is 13.7. The van der Waals surface area contributed by atoms with Gasteiger partial charge in [-0.05, 0) is 61.7 Å². The topological polar surface area (TPSA) is 37.3 Å². The van der Waals surface area contributed by atoms with Crippen LogP contribution in [0.25, 0.3) is 0 Å². The summed E-state index contributed by atoms with van der Waals surface area (Å²) < 4.78 is 0. The molecule has 2 nitrogen and oxygen atoms in total. The van der Waals surface area contributed by atoms with Gasteiger partial charge < -0.3 is 5.11 Å². The third-order valence-corrected chi connectivity index (χ3v) is 5.31. The summed E-state index contributed by atoms with van der Waals surface area (Å²) in [5, 5.41) is 8.53. The van der Waals surface area contributed by atoms with Gasteiger partial charge in [0.15, 0.2) is 0 Å². The Morgan fingerprint density at radius 2 is 1.75 bits per heavy atom. The lowest BCUT2D eigenvalue weighted by atomic mass is 9.46. The number of hydrogen-bond acceptors (Lipinski definition) is 1. The van der Waals surface area contributed by atoms with E-state index < -0.39 is 5.97 Å². The Labute approximate surface area is 124 Å². The molecule has 0 aromatic heterocycles. The second-order valence-corrected chi connectivity index (χ2v) is 6.78. The third-order valence-electron chi connectivity index (χ3n) is 5.31. The maximum Gasteiger partial charge on any atom is 0.303 e. The van der Waals surface area contributed by atoms with E-state index in [0.29, 0.717) is 11.8 Å². The van der Waals surface area contributed by atoms with Crippen LogP contribution in [0.4, 0.5) is 0 Å². The minimum Gasteiger partial charge on any atom is -0.481 e. The number of unbranched alkanes of at least 4 members (excludes halogenated alkanes) is 1. The average Bonchev–Trinajstić information content (AvgIpc) is 2.44. The molecule has 0 amide bonds. The molecule has 3 saturated carbocycles. The van der Waals surface area contributed by atoms with Gasteiger partial charge in [0.05, 0.1) is 0 Å². The standard InChI is InChI=1S/C16H26O2.C2H6/c1-16(2)13-9-12(10-14(16)11-13)7-5-3-4-6-8-15(17)18;1-2/h3,5,12-14H,4,6-11H2,1-2H3,(H,17,18);1-2H3/b5-3-;.